The average Bonchev–Trinajstić information content (AvgIpc) is 3.11. The zero-order valence-electron chi connectivity index (χ0n) is 14.6. The molecule has 0 radical (unpaired) electrons. The summed E-state index contributed by atoms with van der Waals surface area (Å²) in [5.41, 5.74) is 1.91. The maximum Gasteiger partial charge on any atom is 0.238 e. The lowest BCUT2D eigenvalue weighted by atomic mass is 9.90. The van der Waals surface area contributed by atoms with Crippen molar-refractivity contribution in [3.8, 4) is 0 Å². The minimum Gasteiger partial charge on any atom is -0.300 e. The Balaban J connectivity index is 1.76. The lowest BCUT2D eigenvalue weighted by Crippen LogP contribution is -2.22. The molecule has 0 aliphatic carbocycles. The van der Waals surface area contributed by atoms with Crippen molar-refractivity contribution in [2.45, 2.75) is 30.0 Å². The predicted octanol–water partition coefficient (Wildman–Crippen LogP) is 5.20. The fraction of sp³-hybridized carbons (Fsp3) is 0.250. The summed E-state index contributed by atoms with van der Waals surface area (Å²) in [5.74, 6) is 0.552. The number of hydrogen-bond donors (Lipinski definition) is 1. The number of benzene rings is 2. The van der Waals surface area contributed by atoms with Gasteiger partial charge in [-0.15, -0.1) is 10.2 Å². The van der Waals surface area contributed by atoms with Crippen molar-refractivity contribution in [3.05, 3.63) is 71.8 Å². The molecule has 0 bridgehead atoms. The Morgan fingerprint density at radius 2 is 1.65 bits per heavy atom. The molecule has 3 aromatic rings. The van der Waals surface area contributed by atoms with Crippen LogP contribution in [0.5, 0.6) is 0 Å². The maximum absolute atomic E-state index is 13.0. The van der Waals surface area contributed by atoms with Crippen molar-refractivity contribution in [2.75, 3.05) is 11.1 Å². The summed E-state index contributed by atoms with van der Waals surface area (Å²) < 4.78 is 0.893. The largest absolute Gasteiger partial charge is 0.300 e. The number of carbonyl (C=O) groups excluding carboxylic acids is 1. The summed E-state index contributed by atoms with van der Waals surface area (Å²) in [7, 11) is 0. The first kappa shape index (κ1) is 18.6. The SMILES string of the molecule is CCCCSc1nnc(NC(=O)C(c2ccccc2)c2ccccc2)s1. The van der Waals surface area contributed by atoms with Gasteiger partial charge in [-0.3, -0.25) is 10.1 Å². The van der Waals surface area contributed by atoms with Crippen LogP contribution in [0.25, 0.3) is 0 Å². The number of amides is 1. The molecule has 0 saturated heterocycles. The van der Waals surface area contributed by atoms with Gasteiger partial charge in [-0.2, -0.15) is 0 Å². The highest BCUT2D eigenvalue weighted by Gasteiger charge is 2.23. The topological polar surface area (TPSA) is 54.9 Å². The number of aromatic nitrogens is 2. The first-order valence-corrected chi connectivity index (χ1v) is 10.4. The summed E-state index contributed by atoms with van der Waals surface area (Å²) >= 11 is 3.12. The van der Waals surface area contributed by atoms with E-state index in [0.717, 1.165) is 34.1 Å². The van der Waals surface area contributed by atoms with E-state index in [2.05, 4.69) is 22.4 Å². The van der Waals surface area contributed by atoms with Crippen LogP contribution >= 0.6 is 23.1 Å². The number of rotatable bonds is 8. The van der Waals surface area contributed by atoms with Crippen molar-refractivity contribution < 1.29 is 4.79 Å². The van der Waals surface area contributed by atoms with Gasteiger partial charge >= 0.3 is 0 Å². The molecule has 26 heavy (non-hydrogen) atoms. The Morgan fingerprint density at radius 3 is 2.23 bits per heavy atom. The molecule has 6 heteroatoms. The van der Waals surface area contributed by atoms with Gasteiger partial charge in [0.1, 0.15) is 0 Å². The van der Waals surface area contributed by atoms with Crippen molar-refractivity contribution in [1.29, 1.82) is 0 Å². The molecule has 134 valence electrons. The third kappa shape index (κ3) is 4.93. The average molecular weight is 384 g/mol. The van der Waals surface area contributed by atoms with Gasteiger partial charge in [-0.25, -0.2) is 0 Å². The molecule has 3 rings (SSSR count). The number of thioether (sulfide) groups is 1. The zero-order valence-corrected chi connectivity index (χ0v) is 16.2. The first-order chi connectivity index (χ1) is 12.8. The van der Waals surface area contributed by atoms with Crippen LogP contribution in [-0.2, 0) is 4.79 Å². The van der Waals surface area contributed by atoms with E-state index in [4.69, 9.17) is 0 Å². The third-order valence-electron chi connectivity index (χ3n) is 3.89. The van der Waals surface area contributed by atoms with Gasteiger partial charge in [0.15, 0.2) is 4.34 Å². The molecule has 0 spiro atoms. The number of unbranched alkanes of at least 4 members (excludes halogenated alkanes) is 1. The van der Waals surface area contributed by atoms with Crippen LogP contribution in [0.4, 0.5) is 5.13 Å². The van der Waals surface area contributed by atoms with Crippen LogP contribution < -0.4 is 5.32 Å². The van der Waals surface area contributed by atoms with E-state index in [1.54, 1.807) is 11.8 Å². The highest BCUT2D eigenvalue weighted by atomic mass is 32.2. The Hall–Kier alpha value is -2.18. The normalized spacial score (nSPS) is 10.8. The van der Waals surface area contributed by atoms with Crippen LogP contribution in [0.3, 0.4) is 0 Å². The van der Waals surface area contributed by atoms with Gasteiger partial charge in [0.05, 0.1) is 5.92 Å². The minimum absolute atomic E-state index is 0.0938. The van der Waals surface area contributed by atoms with E-state index in [0.29, 0.717) is 5.13 Å². The lowest BCUT2D eigenvalue weighted by Gasteiger charge is -2.16. The third-order valence-corrected chi connectivity index (χ3v) is 5.95. The molecular weight excluding hydrogens is 362 g/mol. The quantitative estimate of drug-likeness (QED) is 0.330. The van der Waals surface area contributed by atoms with Crippen LogP contribution in [0.1, 0.15) is 36.8 Å². The van der Waals surface area contributed by atoms with E-state index >= 15 is 0 Å². The molecule has 0 unspecified atom stereocenters. The lowest BCUT2D eigenvalue weighted by molar-refractivity contribution is -0.116. The number of nitrogens with one attached hydrogen (secondary N) is 1. The number of hydrogen-bond acceptors (Lipinski definition) is 5. The standard InChI is InChI=1S/C20H21N3OS2/c1-2-3-14-25-20-23-22-19(26-20)21-18(24)17(15-10-6-4-7-11-15)16-12-8-5-9-13-16/h4-13,17H,2-3,14H2,1H3,(H,21,22,24). The van der Waals surface area contributed by atoms with Gasteiger partial charge < -0.3 is 0 Å². The van der Waals surface area contributed by atoms with Crippen molar-refractivity contribution in [3.63, 3.8) is 0 Å². The molecular formula is C20H21N3OS2. The molecule has 1 heterocycles. The summed E-state index contributed by atoms with van der Waals surface area (Å²) in [6.45, 7) is 2.17. The van der Waals surface area contributed by atoms with Crippen LogP contribution in [-0.4, -0.2) is 21.9 Å². The van der Waals surface area contributed by atoms with Gasteiger partial charge in [-0.1, -0.05) is 97.1 Å². The highest BCUT2D eigenvalue weighted by molar-refractivity contribution is 8.01. The fourth-order valence-electron chi connectivity index (χ4n) is 2.59. The van der Waals surface area contributed by atoms with Crippen LogP contribution in [0.2, 0.25) is 0 Å². The number of nitrogens with zero attached hydrogens (tertiary/aromatic N) is 2. The number of anilines is 1. The molecule has 0 aliphatic rings. The van der Waals surface area contributed by atoms with E-state index in [-0.39, 0.29) is 11.8 Å². The molecule has 1 N–H and O–H groups in total. The maximum atomic E-state index is 13.0. The second-order valence-electron chi connectivity index (χ2n) is 5.82. The molecule has 0 fully saturated rings. The van der Waals surface area contributed by atoms with E-state index in [1.165, 1.54) is 11.3 Å². The Bertz CT molecular complexity index is 782. The van der Waals surface area contributed by atoms with Crippen molar-refractivity contribution in [1.82, 2.24) is 10.2 Å². The summed E-state index contributed by atoms with van der Waals surface area (Å²) in [6.07, 6.45) is 2.31. The van der Waals surface area contributed by atoms with E-state index in [1.807, 2.05) is 60.7 Å². The van der Waals surface area contributed by atoms with E-state index in [9.17, 15) is 4.79 Å². The Morgan fingerprint density at radius 1 is 1.04 bits per heavy atom. The summed E-state index contributed by atoms with van der Waals surface area (Å²) in [5, 5.41) is 11.8. The molecule has 4 nitrogen and oxygen atoms in total. The van der Waals surface area contributed by atoms with Gasteiger partial charge in [-0.05, 0) is 17.5 Å². The van der Waals surface area contributed by atoms with Crippen molar-refractivity contribution >= 4 is 34.1 Å². The zero-order chi connectivity index (χ0) is 18.2. The highest BCUT2D eigenvalue weighted by Crippen LogP contribution is 2.29. The summed E-state index contributed by atoms with van der Waals surface area (Å²) in [6, 6.07) is 19.6. The number of carbonyl (C=O) groups is 1. The first-order valence-electron chi connectivity index (χ1n) is 8.65. The smallest absolute Gasteiger partial charge is 0.238 e. The van der Waals surface area contributed by atoms with E-state index < -0.39 is 0 Å². The van der Waals surface area contributed by atoms with Crippen LogP contribution in [0.15, 0.2) is 65.0 Å². The molecule has 0 atom stereocenters. The Labute approximate surface area is 162 Å². The van der Waals surface area contributed by atoms with Crippen LogP contribution in [0, 0.1) is 0 Å². The fourth-order valence-corrected chi connectivity index (χ4v) is 4.50. The van der Waals surface area contributed by atoms with Gasteiger partial charge in [0.25, 0.3) is 0 Å². The molecule has 0 aliphatic heterocycles. The monoisotopic (exact) mass is 383 g/mol. The summed E-state index contributed by atoms with van der Waals surface area (Å²) in [4.78, 5) is 13.0. The molecule has 1 aromatic heterocycles. The molecule has 0 saturated carbocycles. The van der Waals surface area contributed by atoms with Gasteiger partial charge in [0, 0.05) is 5.75 Å². The van der Waals surface area contributed by atoms with Gasteiger partial charge in [0.2, 0.25) is 11.0 Å². The molecule has 1 amide bonds. The minimum atomic E-state index is -0.377. The second kappa shape index (κ2) is 9.50. The predicted molar refractivity (Wildman–Crippen MR) is 109 cm³/mol. The Kier molecular flexibility index (Phi) is 6.80. The van der Waals surface area contributed by atoms with Crippen molar-refractivity contribution in [2.24, 2.45) is 0 Å². The second-order valence-corrected chi connectivity index (χ2v) is 8.14. The molecule has 2 aromatic carbocycles.